The zero-order valence-corrected chi connectivity index (χ0v) is 20.2. The van der Waals surface area contributed by atoms with Gasteiger partial charge >= 0.3 is 0 Å². The highest BCUT2D eigenvalue weighted by molar-refractivity contribution is 14.0. The van der Waals surface area contributed by atoms with E-state index in [1.54, 1.807) is 0 Å². The van der Waals surface area contributed by atoms with Gasteiger partial charge in [0.2, 0.25) is 0 Å². The van der Waals surface area contributed by atoms with Crippen LogP contribution in [-0.4, -0.2) is 75.7 Å². The highest BCUT2D eigenvalue weighted by atomic mass is 127. The van der Waals surface area contributed by atoms with Gasteiger partial charge in [-0.15, -0.1) is 24.0 Å². The van der Waals surface area contributed by atoms with Gasteiger partial charge in [0.05, 0.1) is 0 Å². The minimum Gasteiger partial charge on any atom is -0.356 e. The Kier molecular flexibility index (Phi) is 15.9. The standard InChI is InChI=1S/C20H43N5.HI/c1-18(2)10-8-6-7-9-11-22-20(21-4)23-16-19(3)17-25-14-12-24(5)13-15-25;/h18-19H,6-17H2,1-5H3,(H2,21,22,23);1H. The van der Waals surface area contributed by atoms with Gasteiger partial charge in [-0.3, -0.25) is 4.99 Å². The summed E-state index contributed by atoms with van der Waals surface area (Å²) in [7, 11) is 4.07. The molecule has 0 saturated carbocycles. The molecule has 1 saturated heterocycles. The van der Waals surface area contributed by atoms with E-state index in [1.807, 2.05) is 7.05 Å². The molecule has 26 heavy (non-hydrogen) atoms. The minimum absolute atomic E-state index is 0. The van der Waals surface area contributed by atoms with Gasteiger partial charge in [-0.2, -0.15) is 0 Å². The Bertz CT molecular complexity index is 354. The molecular formula is C20H44IN5. The molecule has 0 bridgehead atoms. The predicted octanol–water partition coefficient (Wildman–Crippen LogP) is 3.26. The summed E-state index contributed by atoms with van der Waals surface area (Å²) in [6.07, 6.45) is 6.64. The number of nitrogens with one attached hydrogen (secondary N) is 2. The molecule has 0 aromatic carbocycles. The fourth-order valence-electron chi connectivity index (χ4n) is 3.27. The van der Waals surface area contributed by atoms with Crippen molar-refractivity contribution in [1.29, 1.82) is 0 Å². The lowest BCUT2D eigenvalue weighted by molar-refractivity contribution is 0.139. The van der Waals surface area contributed by atoms with E-state index >= 15 is 0 Å². The normalized spacial score (nSPS) is 17.8. The van der Waals surface area contributed by atoms with E-state index in [1.165, 1.54) is 64.8 Å². The zero-order chi connectivity index (χ0) is 18.5. The van der Waals surface area contributed by atoms with E-state index in [4.69, 9.17) is 0 Å². The number of hydrogen-bond donors (Lipinski definition) is 2. The fraction of sp³-hybridized carbons (Fsp3) is 0.950. The summed E-state index contributed by atoms with van der Waals surface area (Å²) in [6.45, 7) is 14.9. The molecule has 1 heterocycles. The monoisotopic (exact) mass is 481 g/mol. The summed E-state index contributed by atoms with van der Waals surface area (Å²) < 4.78 is 0. The van der Waals surface area contributed by atoms with E-state index in [0.717, 1.165) is 25.0 Å². The maximum absolute atomic E-state index is 4.35. The quantitative estimate of drug-likeness (QED) is 0.206. The van der Waals surface area contributed by atoms with Crippen molar-refractivity contribution in [1.82, 2.24) is 20.4 Å². The lowest BCUT2D eigenvalue weighted by atomic mass is 10.0. The molecule has 1 fully saturated rings. The van der Waals surface area contributed by atoms with E-state index in [9.17, 15) is 0 Å². The van der Waals surface area contributed by atoms with Crippen LogP contribution in [0.2, 0.25) is 0 Å². The predicted molar refractivity (Wildman–Crippen MR) is 126 cm³/mol. The van der Waals surface area contributed by atoms with Gasteiger partial charge in [0.15, 0.2) is 5.96 Å². The highest BCUT2D eigenvalue weighted by Gasteiger charge is 2.16. The van der Waals surface area contributed by atoms with Crippen LogP contribution in [0, 0.1) is 11.8 Å². The highest BCUT2D eigenvalue weighted by Crippen LogP contribution is 2.09. The number of unbranched alkanes of at least 4 members (excludes halogenated alkanes) is 3. The van der Waals surface area contributed by atoms with E-state index in [2.05, 4.69) is 53.2 Å². The van der Waals surface area contributed by atoms with Crippen molar-refractivity contribution in [3.05, 3.63) is 0 Å². The molecule has 1 aliphatic rings. The topological polar surface area (TPSA) is 42.9 Å². The first kappa shape index (κ1) is 25.9. The summed E-state index contributed by atoms with van der Waals surface area (Å²) >= 11 is 0. The Morgan fingerprint density at radius 3 is 2.23 bits per heavy atom. The van der Waals surface area contributed by atoms with E-state index in [-0.39, 0.29) is 24.0 Å². The Hall–Kier alpha value is -0.0800. The number of aliphatic imine (C=N–C) groups is 1. The molecule has 0 radical (unpaired) electrons. The number of rotatable bonds is 11. The Labute approximate surface area is 179 Å². The van der Waals surface area contributed by atoms with Crippen LogP contribution in [0.1, 0.15) is 52.9 Å². The molecule has 1 unspecified atom stereocenters. The van der Waals surface area contributed by atoms with Crippen LogP contribution >= 0.6 is 24.0 Å². The molecule has 1 aliphatic heterocycles. The molecule has 0 spiro atoms. The molecule has 0 aliphatic carbocycles. The van der Waals surface area contributed by atoms with Crippen LogP contribution in [0.5, 0.6) is 0 Å². The van der Waals surface area contributed by atoms with Crippen molar-refractivity contribution in [2.24, 2.45) is 16.8 Å². The van der Waals surface area contributed by atoms with Crippen LogP contribution in [-0.2, 0) is 0 Å². The fourth-order valence-corrected chi connectivity index (χ4v) is 3.27. The lowest BCUT2D eigenvalue weighted by Crippen LogP contribution is -2.47. The second-order valence-electron chi connectivity index (χ2n) is 8.19. The van der Waals surface area contributed by atoms with Gasteiger partial charge in [0.1, 0.15) is 0 Å². The Balaban J connectivity index is 0.00000625. The molecule has 2 N–H and O–H groups in total. The molecule has 0 aromatic heterocycles. The summed E-state index contributed by atoms with van der Waals surface area (Å²) in [4.78, 5) is 9.34. The van der Waals surface area contributed by atoms with Crippen LogP contribution in [0.3, 0.4) is 0 Å². The smallest absolute Gasteiger partial charge is 0.190 e. The van der Waals surface area contributed by atoms with Crippen LogP contribution in [0.4, 0.5) is 0 Å². The number of likely N-dealkylation sites (N-methyl/N-ethyl adjacent to an activating group) is 1. The molecule has 1 rings (SSSR count). The van der Waals surface area contributed by atoms with Crippen LogP contribution in [0.15, 0.2) is 4.99 Å². The van der Waals surface area contributed by atoms with Gasteiger partial charge in [-0.1, -0.05) is 46.5 Å². The van der Waals surface area contributed by atoms with Crippen molar-refractivity contribution in [3.8, 4) is 0 Å². The molecule has 0 aromatic rings. The van der Waals surface area contributed by atoms with E-state index in [0.29, 0.717) is 5.92 Å². The van der Waals surface area contributed by atoms with Gasteiger partial charge in [-0.25, -0.2) is 0 Å². The number of nitrogens with zero attached hydrogens (tertiary/aromatic N) is 3. The van der Waals surface area contributed by atoms with Crippen molar-refractivity contribution in [2.45, 2.75) is 52.9 Å². The molecular weight excluding hydrogens is 437 g/mol. The third-order valence-corrected chi connectivity index (χ3v) is 5.01. The third kappa shape index (κ3) is 13.1. The molecule has 0 amide bonds. The number of piperazine rings is 1. The van der Waals surface area contributed by atoms with Gasteiger partial charge in [0.25, 0.3) is 0 Å². The third-order valence-electron chi connectivity index (χ3n) is 5.01. The second-order valence-corrected chi connectivity index (χ2v) is 8.19. The van der Waals surface area contributed by atoms with E-state index < -0.39 is 0 Å². The zero-order valence-electron chi connectivity index (χ0n) is 17.9. The van der Waals surface area contributed by atoms with Crippen molar-refractivity contribution >= 4 is 29.9 Å². The minimum atomic E-state index is 0. The number of hydrogen-bond acceptors (Lipinski definition) is 3. The molecule has 1 atom stereocenters. The summed E-state index contributed by atoms with van der Waals surface area (Å²) in [5, 5.41) is 6.94. The number of guanidine groups is 1. The summed E-state index contributed by atoms with van der Waals surface area (Å²) in [5.74, 6) is 2.43. The Morgan fingerprint density at radius 1 is 0.962 bits per heavy atom. The maximum Gasteiger partial charge on any atom is 0.190 e. The number of halogens is 1. The second kappa shape index (κ2) is 15.9. The van der Waals surface area contributed by atoms with Crippen LogP contribution in [0.25, 0.3) is 0 Å². The van der Waals surface area contributed by atoms with Crippen LogP contribution < -0.4 is 10.6 Å². The first-order valence-corrected chi connectivity index (χ1v) is 10.4. The van der Waals surface area contributed by atoms with Gasteiger partial charge in [-0.05, 0) is 25.3 Å². The first-order chi connectivity index (χ1) is 12.0. The van der Waals surface area contributed by atoms with Crippen molar-refractivity contribution < 1.29 is 0 Å². The largest absolute Gasteiger partial charge is 0.356 e. The van der Waals surface area contributed by atoms with Crippen molar-refractivity contribution in [3.63, 3.8) is 0 Å². The van der Waals surface area contributed by atoms with Gasteiger partial charge < -0.3 is 20.4 Å². The molecule has 6 heteroatoms. The first-order valence-electron chi connectivity index (χ1n) is 10.4. The average molecular weight is 482 g/mol. The average Bonchev–Trinajstić information content (AvgIpc) is 2.58. The van der Waals surface area contributed by atoms with Gasteiger partial charge in [0, 0.05) is 52.9 Å². The lowest BCUT2D eigenvalue weighted by Gasteiger charge is -2.34. The summed E-state index contributed by atoms with van der Waals surface area (Å²) in [5.41, 5.74) is 0. The summed E-state index contributed by atoms with van der Waals surface area (Å²) in [6, 6.07) is 0. The SMILES string of the molecule is CN=C(NCCCCCCC(C)C)NCC(C)CN1CCN(C)CC1.I. The molecule has 156 valence electrons. The van der Waals surface area contributed by atoms with Crippen molar-refractivity contribution in [2.75, 3.05) is 59.9 Å². The maximum atomic E-state index is 4.35. The molecule has 5 nitrogen and oxygen atoms in total. The Morgan fingerprint density at radius 2 is 1.62 bits per heavy atom.